The van der Waals surface area contributed by atoms with Crippen LogP contribution in [0.15, 0.2) is 0 Å². The van der Waals surface area contributed by atoms with E-state index >= 15 is 0 Å². The van der Waals surface area contributed by atoms with Gasteiger partial charge in [-0.2, -0.15) is 17.0 Å². The van der Waals surface area contributed by atoms with Crippen LogP contribution in [0.5, 0.6) is 0 Å². The number of hydrogen-bond donors (Lipinski definition) is 0. The molecule has 0 saturated heterocycles. The topological polar surface area (TPSA) is 23.8 Å². The Morgan fingerprint density at radius 1 is 1.67 bits per heavy atom. The van der Waals surface area contributed by atoms with Crippen LogP contribution in [0.2, 0.25) is 0 Å². The van der Waals surface area contributed by atoms with Gasteiger partial charge in [-0.1, -0.05) is 13.8 Å². The summed E-state index contributed by atoms with van der Waals surface area (Å²) < 4.78 is 0. The van der Waals surface area contributed by atoms with Crippen molar-refractivity contribution in [2.24, 2.45) is 0 Å². The van der Waals surface area contributed by atoms with Crippen LogP contribution in [-0.4, -0.2) is 11.0 Å². The van der Waals surface area contributed by atoms with E-state index in [1.165, 1.54) is 12.2 Å². The van der Waals surface area contributed by atoms with E-state index in [0.717, 1.165) is 0 Å². The molecule has 0 spiro atoms. The number of rotatable bonds is 4. The summed E-state index contributed by atoms with van der Waals surface area (Å²) in [5.41, 5.74) is 0. The summed E-state index contributed by atoms with van der Waals surface area (Å²) in [5.74, 6) is 1.18. The van der Waals surface area contributed by atoms with Gasteiger partial charge in [-0.15, -0.1) is 0 Å². The van der Waals surface area contributed by atoms with Gasteiger partial charge in [-0.3, -0.25) is 0 Å². The largest absolute Gasteiger partial charge is 0.198 e. The molecule has 52 valence electrons. The maximum Gasteiger partial charge on any atom is 0.0633 e. The predicted octanol–water partition coefficient (Wildman–Crippen LogP) is 2.43. The lowest BCUT2D eigenvalue weighted by Gasteiger charge is -2.03. The summed E-state index contributed by atoms with van der Waals surface area (Å²) in [4.78, 5) is 0. The second kappa shape index (κ2) is 5.97. The van der Waals surface area contributed by atoms with Crippen LogP contribution in [0.4, 0.5) is 0 Å². The fourth-order valence-electron chi connectivity index (χ4n) is 0.507. The van der Waals surface area contributed by atoms with Crippen LogP contribution in [-0.2, 0) is 0 Å². The Hall–Kier alpha value is -0.160. The first-order valence-electron chi connectivity index (χ1n) is 3.29. The SMILES string of the molecule is CCCSC(C)CC#N. The van der Waals surface area contributed by atoms with Crippen molar-refractivity contribution in [1.29, 1.82) is 5.26 Å². The van der Waals surface area contributed by atoms with Crippen molar-refractivity contribution < 1.29 is 0 Å². The van der Waals surface area contributed by atoms with E-state index in [2.05, 4.69) is 19.9 Å². The molecule has 0 aromatic heterocycles. The molecule has 0 saturated carbocycles. The highest BCUT2D eigenvalue weighted by atomic mass is 32.2. The minimum atomic E-state index is 0.523. The molecule has 0 amide bonds. The van der Waals surface area contributed by atoms with Gasteiger partial charge in [-0.05, 0) is 12.2 Å². The first kappa shape index (κ1) is 8.84. The van der Waals surface area contributed by atoms with Gasteiger partial charge in [0.2, 0.25) is 0 Å². The number of nitriles is 1. The smallest absolute Gasteiger partial charge is 0.0633 e. The molecular formula is C7H13NS. The van der Waals surface area contributed by atoms with Crippen LogP contribution in [0.1, 0.15) is 26.7 Å². The Kier molecular flexibility index (Phi) is 5.86. The zero-order valence-electron chi connectivity index (χ0n) is 6.05. The van der Waals surface area contributed by atoms with Gasteiger partial charge in [0.25, 0.3) is 0 Å². The highest BCUT2D eigenvalue weighted by Crippen LogP contribution is 2.13. The fraction of sp³-hybridized carbons (Fsp3) is 0.857. The molecule has 9 heavy (non-hydrogen) atoms. The van der Waals surface area contributed by atoms with Crippen LogP contribution in [0.25, 0.3) is 0 Å². The highest BCUT2D eigenvalue weighted by Gasteiger charge is 1.98. The van der Waals surface area contributed by atoms with Crippen molar-refractivity contribution in [2.75, 3.05) is 5.75 Å². The molecule has 0 aliphatic rings. The minimum absolute atomic E-state index is 0.523. The average molecular weight is 143 g/mol. The van der Waals surface area contributed by atoms with Gasteiger partial charge in [0.1, 0.15) is 0 Å². The van der Waals surface area contributed by atoms with Crippen LogP contribution in [0.3, 0.4) is 0 Å². The summed E-state index contributed by atoms with van der Waals surface area (Å²) >= 11 is 1.88. The van der Waals surface area contributed by atoms with Crippen LogP contribution < -0.4 is 0 Å². The first-order chi connectivity index (χ1) is 4.31. The quantitative estimate of drug-likeness (QED) is 0.603. The molecule has 0 heterocycles. The van der Waals surface area contributed by atoms with Crippen LogP contribution in [0, 0.1) is 11.3 Å². The van der Waals surface area contributed by atoms with Crippen molar-refractivity contribution in [2.45, 2.75) is 31.9 Å². The maximum absolute atomic E-state index is 8.27. The molecule has 1 atom stereocenters. The lowest BCUT2D eigenvalue weighted by molar-refractivity contribution is 0.980. The van der Waals surface area contributed by atoms with Gasteiger partial charge >= 0.3 is 0 Å². The van der Waals surface area contributed by atoms with Crippen molar-refractivity contribution >= 4 is 11.8 Å². The Balaban J connectivity index is 3.08. The third kappa shape index (κ3) is 5.72. The van der Waals surface area contributed by atoms with Crippen molar-refractivity contribution in [3.05, 3.63) is 0 Å². The summed E-state index contributed by atoms with van der Waals surface area (Å²) in [6.45, 7) is 4.26. The van der Waals surface area contributed by atoms with E-state index in [-0.39, 0.29) is 0 Å². The van der Waals surface area contributed by atoms with E-state index in [1.54, 1.807) is 0 Å². The lowest BCUT2D eigenvalue weighted by atomic mass is 10.4. The standard InChI is InChI=1S/C7H13NS/c1-3-6-9-7(2)4-5-8/h7H,3-4,6H2,1-2H3. The second-order valence-electron chi connectivity index (χ2n) is 2.04. The Morgan fingerprint density at radius 2 is 2.33 bits per heavy atom. The highest BCUT2D eigenvalue weighted by molar-refractivity contribution is 7.99. The van der Waals surface area contributed by atoms with E-state index in [0.29, 0.717) is 11.7 Å². The van der Waals surface area contributed by atoms with Gasteiger partial charge in [-0.25, -0.2) is 0 Å². The van der Waals surface area contributed by atoms with E-state index in [4.69, 9.17) is 5.26 Å². The first-order valence-corrected chi connectivity index (χ1v) is 4.34. The minimum Gasteiger partial charge on any atom is -0.198 e. The van der Waals surface area contributed by atoms with Crippen molar-refractivity contribution in [1.82, 2.24) is 0 Å². The zero-order chi connectivity index (χ0) is 7.11. The molecule has 0 aliphatic heterocycles. The van der Waals surface area contributed by atoms with Crippen molar-refractivity contribution in [3.8, 4) is 6.07 Å². The van der Waals surface area contributed by atoms with E-state index < -0.39 is 0 Å². The molecule has 0 aromatic carbocycles. The predicted molar refractivity (Wildman–Crippen MR) is 42.4 cm³/mol. The molecule has 0 N–H and O–H groups in total. The summed E-state index contributed by atoms with van der Waals surface area (Å²) in [7, 11) is 0. The molecular weight excluding hydrogens is 130 g/mol. The van der Waals surface area contributed by atoms with Gasteiger partial charge in [0, 0.05) is 11.7 Å². The zero-order valence-corrected chi connectivity index (χ0v) is 6.87. The lowest BCUT2D eigenvalue weighted by Crippen LogP contribution is -1.94. The third-order valence-electron chi connectivity index (χ3n) is 0.985. The molecule has 0 bridgehead atoms. The van der Waals surface area contributed by atoms with Gasteiger partial charge in [0.05, 0.1) is 6.07 Å². The maximum atomic E-state index is 8.27. The molecule has 0 aromatic rings. The van der Waals surface area contributed by atoms with Crippen LogP contribution >= 0.6 is 11.8 Å². The normalized spacial score (nSPS) is 12.6. The summed E-state index contributed by atoms with van der Waals surface area (Å²) in [6, 6.07) is 2.16. The number of thioether (sulfide) groups is 1. The monoisotopic (exact) mass is 143 g/mol. The molecule has 2 heteroatoms. The van der Waals surface area contributed by atoms with Crippen molar-refractivity contribution in [3.63, 3.8) is 0 Å². The molecule has 0 radical (unpaired) electrons. The Bertz CT molecular complexity index is 95.6. The van der Waals surface area contributed by atoms with Gasteiger partial charge < -0.3 is 0 Å². The third-order valence-corrected chi connectivity index (χ3v) is 2.36. The summed E-state index contributed by atoms with van der Waals surface area (Å²) in [5, 5.41) is 8.80. The number of nitrogens with zero attached hydrogens (tertiary/aromatic N) is 1. The van der Waals surface area contributed by atoms with E-state index in [9.17, 15) is 0 Å². The molecule has 1 unspecified atom stereocenters. The summed E-state index contributed by atoms with van der Waals surface area (Å²) in [6.07, 6.45) is 1.89. The molecule has 0 aliphatic carbocycles. The Morgan fingerprint density at radius 3 is 2.78 bits per heavy atom. The second-order valence-corrected chi connectivity index (χ2v) is 3.59. The molecule has 1 nitrogen and oxygen atoms in total. The molecule has 0 rings (SSSR count). The van der Waals surface area contributed by atoms with Gasteiger partial charge in [0.15, 0.2) is 0 Å². The Labute approximate surface area is 61.4 Å². The average Bonchev–Trinajstić information content (AvgIpc) is 1.85. The van der Waals surface area contributed by atoms with E-state index in [1.807, 2.05) is 11.8 Å². The number of hydrogen-bond acceptors (Lipinski definition) is 2. The molecule has 0 fully saturated rings. The fourth-order valence-corrected chi connectivity index (χ4v) is 1.34.